The quantitative estimate of drug-likeness (QED) is 0.162. The molecule has 0 spiro atoms. The van der Waals surface area contributed by atoms with E-state index in [0.717, 1.165) is 0 Å². The molecule has 0 aliphatic heterocycles. The lowest BCUT2D eigenvalue weighted by atomic mass is 9.69. The van der Waals surface area contributed by atoms with Gasteiger partial charge < -0.3 is 5.11 Å². The van der Waals surface area contributed by atoms with E-state index in [-0.39, 0.29) is 5.41 Å². The van der Waals surface area contributed by atoms with E-state index >= 15 is 0 Å². The fourth-order valence-electron chi connectivity index (χ4n) is 5.61. The molecule has 0 bridgehead atoms. The lowest BCUT2D eigenvalue weighted by molar-refractivity contribution is 0.289. The largest absolute Gasteiger partial charge is 0.508 e. The molecule has 0 aliphatic carbocycles. The Kier molecular flexibility index (Phi) is 18.6. The minimum Gasteiger partial charge on any atom is -0.508 e. The summed E-state index contributed by atoms with van der Waals surface area (Å²) in [4.78, 5) is 0. The van der Waals surface area contributed by atoms with Gasteiger partial charge >= 0.3 is 0 Å². The Labute approximate surface area is 208 Å². The summed E-state index contributed by atoms with van der Waals surface area (Å²) >= 11 is 0. The summed E-state index contributed by atoms with van der Waals surface area (Å²) < 4.78 is 0. The van der Waals surface area contributed by atoms with Gasteiger partial charge in [-0.1, -0.05) is 161 Å². The highest BCUT2D eigenvalue weighted by Crippen LogP contribution is 2.44. The van der Waals surface area contributed by atoms with Gasteiger partial charge in [0.05, 0.1) is 0 Å². The van der Waals surface area contributed by atoms with Gasteiger partial charge in [-0.25, -0.2) is 0 Å². The van der Waals surface area contributed by atoms with Crippen LogP contribution in [-0.2, 0) is 5.41 Å². The topological polar surface area (TPSA) is 20.2 Å². The average Bonchev–Trinajstić information content (AvgIpc) is 2.82. The van der Waals surface area contributed by atoms with Crippen molar-refractivity contribution >= 4 is 0 Å². The van der Waals surface area contributed by atoms with Crippen molar-refractivity contribution in [3.63, 3.8) is 0 Å². The molecule has 1 aromatic rings. The predicted octanol–water partition coefficient (Wildman–Crippen LogP) is 11.3. The van der Waals surface area contributed by atoms with Gasteiger partial charge in [-0.05, 0) is 30.7 Å². The van der Waals surface area contributed by atoms with Crippen LogP contribution in [0, 0.1) is 0 Å². The minimum absolute atomic E-state index is 0.172. The van der Waals surface area contributed by atoms with E-state index in [4.69, 9.17) is 0 Å². The molecule has 1 rings (SSSR count). The molecule has 1 nitrogen and oxygen atoms in total. The van der Waals surface area contributed by atoms with Crippen LogP contribution in [0.25, 0.3) is 0 Å². The first kappa shape index (κ1) is 30.1. The molecule has 0 aliphatic rings. The maximum Gasteiger partial charge on any atom is 0.119 e. The van der Waals surface area contributed by atoms with Crippen LogP contribution in [0.2, 0.25) is 0 Å². The first-order valence-corrected chi connectivity index (χ1v) is 15.0. The monoisotopic (exact) mass is 458 g/mol. The molecular weight excluding hydrogens is 400 g/mol. The average molecular weight is 459 g/mol. The van der Waals surface area contributed by atoms with Gasteiger partial charge in [0, 0.05) is 5.56 Å². The van der Waals surface area contributed by atoms with Gasteiger partial charge in [0.15, 0.2) is 0 Å². The lowest BCUT2D eigenvalue weighted by Crippen LogP contribution is -2.27. The number of hydrogen-bond donors (Lipinski definition) is 1. The molecular formula is C32H58O. The summed E-state index contributed by atoms with van der Waals surface area (Å²) in [6.07, 6.45) is 29.6. The molecule has 0 atom stereocenters. The van der Waals surface area contributed by atoms with Gasteiger partial charge in [0.1, 0.15) is 5.75 Å². The van der Waals surface area contributed by atoms with E-state index in [1.165, 1.54) is 147 Å². The van der Waals surface area contributed by atoms with Crippen LogP contribution in [0.4, 0.5) is 0 Å². The van der Waals surface area contributed by atoms with Crippen LogP contribution in [0.3, 0.4) is 0 Å². The summed E-state index contributed by atoms with van der Waals surface area (Å²) in [5, 5.41) is 10.9. The van der Waals surface area contributed by atoms with Crippen LogP contribution in [0.1, 0.15) is 168 Å². The fourth-order valence-corrected chi connectivity index (χ4v) is 5.61. The van der Waals surface area contributed by atoms with E-state index < -0.39 is 0 Å². The Hall–Kier alpha value is -0.980. The van der Waals surface area contributed by atoms with Gasteiger partial charge in [-0.2, -0.15) is 0 Å². The van der Waals surface area contributed by atoms with Crippen molar-refractivity contribution in [2.24, 2.45) is 0 Å². The van der Waals surface area contributed by atoms with Crippen LogP contribution in [0.5, 0.6) is 5.75 Å². The zero-order chi connectivity index (χ0) is 24.0. The number of phenols is 1. The second-order valence-electron chi connectivity index (χ2n) is 10.7. The molecule has 0 aromatic heterocycles. The molecule has 0 unspecified atom stereocenters. The van der Waals surface area contributed by atoms with Gasteiger partial charge in [-0.15, -0.1) is 0 Å². The Morgan fingerprint density at radius 1 is 0.485 bits per heavy atom. The van der Waals surface area contributed by atoms with Crippen molar-refractivity contribution in [3.8, 4) is 5.75 Å². The number of phenolic OH excluding ortho intramolecular Hbond substituents is 1. The first-order chi connectivity index (χ1) is 16.2. The molecule has 1 aromatic carbocycles. The Bertz CT molecular complexity index is 535. The third kappa shape index (κ3) is 13.5. The highest BCUT2D eigenvalue weighted by molar-refractivity contribution is 5.38. The number of unbranched alkanes of at least 4 members (excludes halogenated alkanes) is 16. The lowest BCUT2D eigenvalue weighted by Gasteiger charge is -2.36. The summed E-state index contributed by atoms with van der Waals surface area (Å²) in [7, 11) is 0. The maximum atomic E-state index is 10.9. The van der Waals surface area contributed by atoms with E-state index in [1.807, 2.05) is 12.1 Å². The van der Waals surface area contributed by atoms with Crippen molar-refractivity contribution in [1.29, 1.82) is 0 Å². The number of aromatic hydroxyl groups is 1. The first-order valence-electron chi connectivity index (χ1n) is 15.0. The molecule has 0 saturated heterocycles. The molecule has 0 fully saturated rings. The van der Waals surface area contributed by atoms with E-state index in [1.54, 1.807) is 0 Å². The highest BCUT2D eigenvalue weighted by atomic mass is 16.3. The molecule has 192 valence electrons. The SMILES string of the molecule is CCCCCCCCCCCC(CCCCCCC)(CCCCCCC)c1ccccc1O. The molecule has 0 saturated carbocycles. The molecule has 0 heterocycles. The summed E-state index contributed by atoms with van der Waals surface area (Å²) in [6.45, 7) is 6.89. The number of hydrogen-bond acceptors (Lipinski definition) is 1. The zero-order valence-corrected chi connectivity index (χ0v) is 22.8. The Morgan fingerprint density at radius 3 is 1.18 bits per heavy atom. The summed E-state index contributed by atoms with van der Waals surface area (Å²) in [5.41, 5.74) is 1.42. The van der Waals surface area contributed by atoms with Crippen molar-refractivity contribution in [2.45, 2.75) is 167 Å². The van der Waals surface area contributed by atoms with Crippen molar-refractivity contribution < 1.29 is 5.11 Å². The van der Waals surface area contributed by atoms with Gasteiger partial charge in [0.25, 0.3) is 0 Å². The van der Waals surface area contributed by atoms with E-state index in [0.29, 0.717) is 5.75 Å². The fraction of sp³-hybridized carbons (Fsp3) is 0.812. The number of rotatable bonds is 23. The van der Waals surface area contributed by atoms with Crippen LogP contribution < -0.4 is 0 Å². The van der Waals surface area contributed by atoms with Gasteiger partial charge in [-0.3, -0.25) is 0 Å². The second kappa shape index (κ2) is 20.4. The Morgan fingerprint density at radius 2 is 0.818 bits per heavy atom. The van der Waals surface area contributed by atoms with Crippen LogP contribution in [-0.4, -0.2) is 5.11 Å². The molecule has 1 heteroatoms. The molecule has 0 amide bonds. The third-order valence-electron chi connectivity index (χ3n) is 7.75. The molecule has 33 heavy (non-hydrogen) atoms. The Balaban J connectivity index is 2.73. The van der Waals surface area contributed by atoms with Crippen molar-refractivity contribution in [2.75, 3.05) is 0 Å². The second-order valence-corrected chi connectivity index (χ2v) is 10.7. The van der Waals surface area contributed by atoms with Crippen LogP contribution >= 0.6 is 0 Å². The predicted molar refractivity (Wildman–Crippen MR) is 148 cm³/mol. The summed E-state index contributed by atoms with van der Waals surface area (Å²) in [5.74, 6) is 0.538. The number of benzene rings is 1. The zero-order valence-electron chi connectivity index (χ0n) is 22.8. The summed E-state index contributed by atoms with van der Waals surface area (Å²) in [6, 6.07) is 8.30. The standard InChI is InChI=1S/C32H58O/c1-4-7-10-13-14-15-16-19-24-29-32(27-22-17-11-8-5-2,28-23-18-12-9-6-3)30-25-20-21-26-31(30)33/h20-21,25-26,33H,4-19,22-24,27-29H2,1-3H3. The van der Waals surface area contributed by atoms with Gasteiger partial charge in [0.2, 0.25) is 0 Å². The van der Waals surface area contributed by atoms with E-state index in [2.05, 4.69) is 32.9 Å². The van der Waals surface area contributed by atoms with Crippen molar-refractivity contribution in [1.82, 2.24) is 0 Å². The smallest absolute Gasteiger partial charge is 0.119 e. The van der Waals surface area contributed by atoms with Crippen molar-refractivity contribution in [3.05, 3.63) is 29.8 Å². The van der Waals surface area contributed by atoms with Crippen LogP contribution in [0.15, 0.2) is 24.3 Å². The third-order valence-corrected chi connectivity index (χ3v) is 7.75. The maximum absolute atomic E-state index is 10.9. The minimum atomic E-state index is 0.172. The molecule has 0 radical (unpaired) electrons. The van der Waals surface area contributed by atoms with E-state index in [9.17, 15) is 5.11 Å². The normalized spacial score (nSPS) is 11.8. The molecule has 1 N–H and O–H groups in total. The highest BCUT2D eigenvalue weighted by Gasteiger charge is 2.32. The number of para-hydroxylation sites is 1.